The van der Waals surface area contributed by atoms with Crippen molar-refractivity contribution in [1.82, 2.24) is 25.5 Å². The van der Waals surface area contributed by atoms with E-state index < -0.39 is 18.9 Å². The van der Waals surface area contributed by atoms with Gasteiger partial charge in [0.1, 0.15) is 11.9 Å². The van der Waals surface area contributed by atoms with Gasteiger partial charge in [-0.15, -0.1) is 10.2 Å². The summed E-state index contributed by atoms with van der Waals surface area (Å²) in [5, 5.41) is 24.9. The summed E-state index contributed by atoms with van der Waals surface area (Å²) in [5.74, 6) is -0.166. The molecule has 1 amide bonds. The van der Waals surface area contributed by atoms with Gasteiger partial charge < -0.3 is 21.7 Å². The lowest BCUT2D eigenvalue weighted by molar-refractivity contribution is 0.0887. The number of nitriles is 1. The zero-order chi connectivity index (χ0) is 21.5. The highest BCUT2D eigenvalue weighted by Crippen LogP contribution is 2.25. The van der Waals surface area contributed by atoms with Crippen molar-refractivity contribution in [3.8, 4) is 6.07 Å². The van der Waals surface area contributed by atoms with Crippen molar-refractivity contribution in [3.63, 3.8) is 0 Å². The molecule has 5 N–H and O–H groups in total. The minimum Gasteiger partial charge on any atom is -0.380 e. The number of nitrogens with one attached hydrogen (secondary N) is 3. The van der Waals surface area contributed by atoms with Crippen molar-refractivity contribution in [2.75, 3.05) is 17.2 Å². The highest BCUT2D eigenvalue weighted by atomic mass is 19.3. The standard InChI is InChI=1S/C18H21F2N9O/c19-14(20)8-25-18(30)17-13(26-11-3-1-2-10(22)4-11)5-15(28-29-17)27-16-9-23-12(6-21)7-24-16/h5,7,9-11,14H,1-4,8,22H2,(H,25,30)(H2,24,26,27,28). The molecule has 2 aromatic rings. The predicted octanol–water partition coefficient (Wildman–Crippen LogP) is 1.56. The molecule has 0 aliphatic heterocycles. The first-order valence-corrected chi connectivity index (χ1v) is 9.40. The van der Waals surface area contributed by atoms with Gasteiger partial charge in [-0.1, -0.05) is 0 Å². The second kappa shape index (κ2) is 9.84. The van der Waals surface area contributed by atoms with E-state index >= 15 is 0 Å². The molecule has 1 aliphatic rings. The Hall–Kier alpha value is -3.46. The lowest BCUT2D eigenvalue weighted by Gasteiger charge is -2.28. The molecule has 0 aromatic carbocycles. The molecule has 2 aromatic heterocycles. The Balaban J connectivity index is 1.82. The first kappa shape index (κ1) is 21.3. The van der Waals surface area contributed by atoms with Crippen LogP contribution in [-0.4, -0.2) is 51.1 Å². The number of alkyl halides is 2. The molecule has 3 rings (SSSR count). The maximum absolute atomic E-state index is 12.5. The summed E-state index contributed by atoms with van der Waals surface area (Å²) in [7, 11) is 0. The molecular formula is C18H21F2N9O. The average Bonchev–Trinajstić information content (AvgIpc) is 2.73. The SMILES string of the molecule is N#Cc1cnc(Nc2cc(NC3CCCC(N)C3)c(C(=O)NCC(F)F)nn2)cn1. The Morgan fingerprint density at radius 2 is 2.10 bits per heavy atom. The Bertz CT molecular complexity index is 917. The van der Waals surface area contributed by atoms with Gasteiger partial charge in [0, 0.05) is 18.2 Å². The molecule has 30 heavy (non-hydrogen) atoms. The molecule has 2 heterocycles. The molecule has 2 atom stereocenters. The lowest BCUT2D eigenvalue weighted by Crippen LogP contribution is -2.36. The van der Waals surface area contributed by atoms with Gasteiger partial charge in [-0.25, -0.2) is 18.7 Å². The number of carbonyl (C=O) groups excluding carboxylic acids is 1. The smallest absolute Gasteiger partial charge is 0.274 e. The number of anilines is 3. The average molecular weight is 417 g/mol. The second-order valence-electron chi connectivity index (χ2n) is 6.88. The fourth-order valence-electron chi connectivity index (χ4n) is 3.14. The Labute approximate surface area is 171 Å². The van der Waals surface area contributed by atoms with Crippen LogP contribution in [-0.2, 0) is 0 Å². The van der Waals surface area contributed by atoms with Crippen LogP contribution in [0.4, 0.5) is 26.1 Å². The van der Waals surface area contributed by atoms with E-state index in [1.165, 1.54) is 12.4 Å². The third kappa shape index (κ3) is 5.77. The number of hydrogen-bond acceptors (Lipinski definition) is 9. The zero-order valence-corrected chi connectivity index (χ0v) is 16.0. The molecule has 1 saturated carbocycles. The van der Waals surface area contributed by atoms with Crippen LogP contribution in [0.15, 0.2) is 18.5 Å². The molecule has 1 fully saturated rings. The summed E-state index contributed by atoms with van der Waals surface area (Å²) >= 11 is 0. The molecule has 2 unspecified atom stereocenters. The molecule has 12 heteroatoms. The van der Waals surface area contributed by atoms with Crippen molar-refractivity contribution in [1.29, 1.82) is 5.26 Å². The van der Waals surface area contributed by atoms with Crippen LogP contribution in [0.5, 0.6) is 0 Å². The first-order valence-electron chi connectivity index (χ1n) is 9.40. The van der Waals surface area contributed by atoms with Gasteiger partial charge in [0.25, 0.3) is 12.3 Å². The summed E-state index contributed by atoms with van der Waals surface area (Å²) < 4.78 is 24.9. The normalized spacial score (nSPS) is 18.5. The topological polar surface area (TPSA) is 155 Å². The number of nitrogens with zero attached hydrogens (tertiary/aromatic N) is 5. The number of carbonyl (C=O) groups is 1. The Morgan fingerprint density at radius 1 is 1.27 bits per heavy atom. The number of nitrogens with two attached hydrogens (primary N) is 1. The largest absolute Gasteiger partial charge is 0.380 e. The summed E-state index contributed by atoms with van der Waals surface area (Å²) in [6.45, 7) is -0.783. The fourth-order valence-corrected chi connectivity index (χ4v) is 3.14. The first-order chi connectivity index (χ1) is 14.4. The number of halogens is 2. The maximum atomic E-state index is 12.5. The fraction of sp³-hybridized carbons (Fsp3) is 0.444. The Morgan fingerprint density at radius 3 is 2.77 bits per heavy atom. The highest BCUT2D eigenvalue weighted by Gasteiger charge is 2.23. The molecule has 1 aliphatic carbocycles. The van der Waals surface area contributed by atoms with E-state index in [-0.39, 0.29) is 29.3 Å². The third-order valence-corrected chi connectivity index (χ3v) is 4.52. The van der Waals surface area contributed by atoms with E-state index in [2.05, 4.69) is 36.1 Å². The zero-order valence-electron chi connectivity index (χ0n) is 16.0. The van der Waals surface area contributed by atoms with Crippen LogP contribution in [0, 0.1) is 11.3 Å². The van der Waals surface area contributed by atoms with Gasteiger partial charge in [-0.05, 0) is 25.7 Å². The number of aromatic nitrogens is 4. The second-order valence-corrected chi connectivity index (χ2v) is 6.88. The minimum absolute atomic E-state index is 0.0159. The molecule has 10 nitrogen and oxygen atoms in total. The molecule has 0 radical (unpaired) electrons. The van der Waals surface area contributed by atoms with Crippen LogP contribution >= 0.6 is 0 Å². The van der Waals surface area contributed by atoms with Gasteiger partial charge in [0.15, 0.2) is 17.2 Å². The van der Waals surface area contributed by atoms with E-state index in [1.54, 1.807) is 6.07 Å². The van der Waals surface area contributed by atoms with Crippen LogP contribution in [0.25, 0.3) is 0 Å². The van der Waals surface area contributed by atoms with E-state index in [0.717, 1.165) is 19.3 Å². The monoisotopic (exact) mass is 417 g/mol. The van der Waals surface area contributed by atoms with E-state index in [0.29, 0.717) is 17.9 Å². The van der Waals surface area contributed by atoms with Crippen molar-refractivity contribution in [3.05, 3.63) is 29.8 Å². The number of amides is 1. The molecule has 158 valence electrons. The van der Waals surface area contributed by atoms with Gasteiger partial charge in [0.2, 0.25) is 0 Å². The number of rotatable bonds is 7. The van der Waals surface area contributed by atoms with Crippen LogP contribution in [0.1, 0.15) is 41.9 Å². The molecular weight excluding hydrogens is 396 g/mol. The quantitative estimate of drug-likeness (QED) is 0.525. The third-order valence-electron chi connectivity index (χ3n) is 4.52. The van der Waals surface area contributed by atoms with E-state index in [9.17, 15) is 13.6 Å². The number of hydrogen-bond donors (Lipinski definition) is 4. The molecule has 0 saturated heterocycles. The van der Waals surface area contributed by atoms with Crippen molar-refractivity contribution >= 4 is 23.2 Å². The van der Waals surface area contributed by atoms with Gasteiger partial charge in [-0.3, -0.25) is 4.79 Å². The van der Waals surface area contributed by atoms with Crippen molar-refractivity contribution in [2.24, 2.45) is 5.73 Å². The van der Waals surface area contributed by atoms with E-state index in [1.807, 2.05) is 6.07 Å². The molecule has 0 bridgehead atoms. The van der Waals surface area contributed by atoms with Crippen LogP contribution < -0.4 is 21.7 Å². The van der Waals surface area contributed by atoms with Gasteiger partial charge >= 0.3 is 0 Å². The Kier molecular flexibility index (Phi) is 6.97. The van der Waals surface area contributed by atoms with Crippen LogP contribution in [0.3, 0.4) is 0 Å². The summed E-state index contributed by atoms with van der Waals surface area (Å²) in [4.78, 5) is 20.3. The van der Waals surface area contributed by atoms with Crippen molar-refractivity contribution in [2.45, 2.75) is 44.2 Å². The van der Waals surface area contributed by atoms with Gasteiger partial charge in [-0.2, -0.15) is 5.26 Å². The maximum Gasteiger partial charge on any atom is 0.274 e. The molecule has 0 spiro atoms. The predicted molar refractivity (Wildman–Crippen MR) is 104 cm³/mol. The van der Waals surface area contributed by atoms with E-state index in [4.69, 9.17) is 11.0 Å². The minimum atomic E-state index is -2.68. The van der Waals surface area contributed by atoms with Crippen LogP contribution in [0.2, 0.25) is 0 Å². The van der Waals surface area contributed by atoms with Gasteiger partial charge in [0.05, 0.1) is 24.6 Å². The van der Waals surface area contributed by atoms with Crippen molar-refractivity contribution < 1.29 is 13.6 Å². The highest BCUT2D eigenvalue weighted by molar-refractivity contribution is 5.97. The lowest BCUT2D eigenvalue weighted by atomic mass is 9.91. The summed E-state index contributed by atoms with van der Waals surface area (Å²) in [6.07, 6.45) is 3.42. The summed E-state index contributed by atoms with van der Waals surface area (Å²) in [5.41, 5.74) is 6.45. The summed E-state index contributed by atoms with van der Waals surface area (Å²) in [6, 6.07) is 3.48.